The van der Waals surface area contributed by atoms with E-state index in [1.165, 1.54) is 0 Å². The molecule has 1 aliphatic heterocycles. The maximum atomic E-state index is 9.40. The molecule has 0 saturated carbocycles. The van der Waals surface area contributed by atoms with Crippen LogP contribution in [-0.2, 0) is 11.3 Å². The summed E-state index contributed by atoms with van der Waals surface area (Å²) in [5.74, 6) is 0. The molecule has 0 radical (unpaired) electrons. The Morgan fingerprint density at radius 2 is 2.00 bits per heavy atom. The Morgan fingerprint density at radius 3 is 2.59 bits per heavy atom. The monoisotopic (exact) mass is 299 g/mol. The lowest BCUT2D eigenvalue weighted by atomic mass is 10.1. The van der Waals surface area contributed by atoms with E-state index in [0.717, 1.165) is 28.8 Å². The number of hydrogen-bond acceptors (Lipinski definition) is 3. The van der Waals surface area contributed by atoms with Crippen molar-refractivity contribution in [3.8, 4) is 0 Å². The molecule has 1 N–H and O–H groups in total. The van der Waals surface area contributed by atoms with Crippen LogP contribution in [0, 0.1) is 0 Å². The van der Waals surface area contributed by atoms with Crippen LogP contribution in [0.15, 0.2) is 22.7 Å². The number of rotatable bonds is 2. The first-order valence-electron chi connectivity index (χ1n) is 5.90. The van der Waals surface area contributed by atoms with Crippen molar-refractivity contribution in [2.45, 2.75) is 32.7 Å². The van der Waals surface area contributed by atoms with E-state index >= 15 is 0 Å². The Kier molecular flexibility index (Phi) is 4.07. The molecule has 2 rings (SSSR count). The van der Waals surface area contributed by atoms with Gasteiger partial charge in [0.2, 0.25) is 0 Å². The van der Waals surface area contributed by atoms with Gasteiger partial charge in [-0.3, -0.25) is 0 Å². The Bertz CT molecular complexity index is 387. The SMILES string of the molecule is C[C@@H]1CN(c2cc(Br)ccc2CO)C[C@H](C)O1. The summed E-state index contributed by atoms with van der Waals surface area (Å²) in [4.78, 5) is 2.29. The molecule has 3 nitrogen and oxygen atoms in total. The third-order valence-electron chi connectivity index (χ3n) is 2.98. The predicted molar refractivity (Wildman–Crippen MR) is 72.3 cm³/mol. The largest absolute Gasteiger partial charge is 0.392 e. The number of hydrogen-bond donors (Lipinski definition) is 1. The van der Waals surface area contributed by atoms with Gasteiger partial charge in [0.15, 0.2) is 0 Å². The average molecular weight is 300 g/mol. The van der Waals surface area contributed by atoms with Crippen molar-refractivity contribution in [3.63, 3.8) is 0 Å². The Labute approximate surface area is 111 Å². The molecule has 1 fully saturated rings. The van der Waals surface area contributed by atoms with Crippen molar-refractivity contribution in [3.05, 3.63) is 28.2 Å². The fraction of sp³-hybridized carbons (Fsp3) is 0.538. The standard InChI is InChI=1S/C13H18BrNO2/c1-9-6-15(7-10(2)17-9)13-5-12(14)4-3-11(13)8-16/h3-5,9-10,16H,6-8H2,1-2H3/t9-,10+. The van der Waals surface area contributed by atoms with Crippen molar-refractivity contribution in [2.24, 2.45) is 0 Å². The van der Waals surface area contributed by atoms with Gasteiger partial charge in [-0.2, -0.15) is 0 Å². The van der Waals surface area contributed by atoms with Crippen LogP contribution in [0.3, 0.4) is 0 Å². The smallest absolute Gasteiger partial charge is 0.0726 e. The molecule has 0 aromatic heterocycles. The zero-order chi connectivity index (χ0) is 12.4. The highest BCUT2D eigenvalue weighted by atomic mass is 79.9. The highest BCUT2D eigenvalue weighted by molar-refractivity contribution is 9.10. The van der Waals surface area contributed by atoms with E-state index in [-0.39, 0.29) is 18.8 Å². The maximum Gasteiger partial charge on any atom is 0.0726 e. The summed E-state index contributed by atoms with van der Waals surface area (Å²) in [6, 6.07) is 5.99. The summed E-state index contributed by atoms with van der Waals surface area (Å²) >= 11 is 3.48. The van der Waals surface area contributed by atoms with E-state index < -0.39 is 0 Å². The lowest BCUT2D eigenvalue weighted by Crippen LogP contribution is -2.45. The van der Waals surface area contributed by atoms with Crippen LogP contribution in [0.25, 0.3) is 0 Å². The number of anilines is 1. The van der Waals surface area contributed by atoms with E-state index in [9.17, 15) is 5.11 Å². The molecular weight excluding hydrogens is 282 g/mol. The number of halogens is 1. The predicted octanol–water partition coefficient (Wildman–Crippen LogP) is 2.56. The summed E-state index contributed by atoms with van der Waals surface area (Å²) in [5.41, 5.74) is 2.07. The van der Waals surface area contributed by atoms with Gasteiger partial charge in [0.25, 0.3) is 0 Å². The minimum atomic E-state index is 0.0722. The quantitative estimate of drug-likeness (QED) is 0.911. The van der Waals surface area contributed by atoms with Crippen LogP contribution in [0.4, 0.5) is 5.69 Å². The minimum absolute atomic E-state index is 0.0722. The van der Waals surface area contributed by atoms with E-state index in [0.29, 0.717) is 0 Å². The van der Waals surface area contributed by atoms with Crippen LogP contribution in [-0.4, -0.2) is 30.4 Å². The molecular formula is C13H18BrNO2. The fourth-order valence-corrected chi connectivity index (χ4v) is 2.69. The van der Waals surface area contributed by atoms with E-state index in [1.54, 1.807) is 0 Å². The van der Waals surface area contributed by atoms with Gasteiger partial charge < -0.3 is 14.7 Å². The van der Waals surface area contributed by atoms with Gasteiger partial charge in [0.1, 0.15) is 0 Å². The zero-order valence-corrected chi connectivity index (χ0v) is 11.8. The van der Waals surface area contributed by atoms with Crippen molar-refractivity contribution < 1.29 is 9.84 Å². The Hall–Kier alpha value is -0.580. The molecule has 94 valence electrons. The van der Waals surface area contributed by atoms with Gasteiger partial charge in [-0.15, -0.1) is 0 Å². The van der Waals surface area contributed by atoms with Crippen molar-refractivity contribution in [2.75, 3.05) is 18.0 Å². The molecule has 1 heterocycles. The lowest BCUT2D eigenvalue weighted by molar-refractivity contribution is -0.00532. The number of nitrogens with zero attached hydrogens (tertiary/aromatic N) is 1. The van der Waals surface area contributed by atoms with Crippen molar-refractivity contribution in [1.82, 2.24) is 0 Å². The molecule has 0 unspecified atom stereocenters. The highest BCUT2D eigenvalue weighted by Gasteiger charge is 2.23. The number of aliphatic hydroxyl groups is 1. The summed E-state index contributed by atoms with van der Waals surface area (Å²) < 4.78 is 6.76. The van der Waals surface area contributed by atoms with Crippen LogP contribution < -0.4 is 4.90 Å². The number of aliphatic hydroxyl groups excluding tert-OH is 1. The third-order valence-corrected chi connectivity index (χ3v) is 3.47. The summed E-state index contributed by atoms with van der Waals surface area (Å²) in [5, 5.41) is 9.40. The van der Waals surface area contributed by atoms with E-state index in [2.05, 4.69) is 40.7 Å². The molecule has 0 bridgehead atoms. The molecule has 0 amide bonds. The minimum Gasteiger partial charge on any atom is -0.392 e. The molecule has 1 aliphatic rings. The van der Waals surface area contributed by atoms with Gasteiger partial charge in [-0.1, -0.05) is 22.0 Å². The second-order valence-electron chi connectivity index (χ2n) is 4.59. The number of ether oxygens (including phenoxy) is 1. The van der Waals surface area contributed by atoms with Gasteiger partial charge in [0.05, 0.1) is 18.8 Å². The first-order valence-corrected chi connectivity index (χ1v) is 6.69. The number of morpholine rings is 1. The molecule has 2 atom stereocenters. The van der Waals surface area contributed by atoms with E-state index in [1.807, 2.05) is 12.1 Å². The first kappa shape index (κ1) is 12.9. The molecule has 1 aromatic carbocycles. The molecule has 0 aliphatic carbocycles. The van der Waals surface area contributed by atoms with Crippen LogP contribution in [0.5, 0.6) is 0 Å². The molecule has 4 heteroatoms. The third kappa shape index (κ3) is 3.00. The number of benzene rings is 1. The second kappa shape index (κ2) is 5.38. The van der Waals surface area contributed by atoms with Gasteiger partial charge in [-0.25, -0.2) is 0 Å². The lowest BCUT2D eigenvalue weighted by Gasteiger charge is -2.37. The summed E-state index contributed by atoms with van der Waals surface area (Å²) in [6.45, 7) is 5.98. The molecule has 1 saturated heterocycles. The van der Waals surface area contributed by atoms with E-state index in [4.69, 9.17) is 4.74 Å². The van der Waals surface area contributed by atoms with Crippen molar-refractivity contribution >= 4 is 21.6 Å². The van der Waals surface area contributed by atoms with Crippen LogP contribution >= 0.6 is 15.9 Å². The van der Waals surface area contributed by atoms with Crippen molar-refractivity contribution in [1.29, 1.82) is 0 Å². The molecule has 0 spiro atoms. The Balaban J connectivity index is 2.28. The topological polar surface area (TPSA) is 32.7 Å². The average Bonchev–Trinajstić information content (AvgIpc) is 2.27. The first-order chi connectivity index (χ1) is 8.10. The summed E-state index contributed by atoms with van der Waals surface area (Å²) in [6.07, 6.45) is 0.452. The summed E-state index contributed by atoms with van der Waals surface area (Å²) in [7, 11) is 0. The normalized spacial score (nSPS) is 25.1. The maximum absolute atomic E-state index is 9.40. The van der Waals surface area contributed by atoms with Gasteiger partial charge in [0, 0.05) is 28.8 Å². The van der Waals surface area contributed by atoms with Crippen LogP contribution in [0.2, 0.25) is 0 Å². The molecule has 17 heavy (non-hydrogen) atoms. The zero-order valence-electron chi connectivity index (χ0n) is 10.2. The van der Waals surface area contributed by atoms with Gasteiger partial charge >= 0.3 is 0 Å². The van der Waals surface area contributed by atoms with Crippen LogP contribution in [0.1, 0.15) is 19.4 Å². The highest BCUT2D eigenvalue weighted by Crippen LogP contribution is 2.28. The Morgan fingerprint density at radius 1 is 1.35 bits per heavy atom. The van der Waals surface area contributed by atoms with Gasteiger partial charge in [-0.05, 0) is 26.0 Å². The fourth-order valence-electron chi connectivity index (χ4n) is 2.34. The second-order valence-corrected chi connectivity index (χ2v) is 5.51. The molecule has 1 aromatic rings.